The number of ether oxygens (including phenoxy) is 1. The third-order valence-electron chi connectivity index (χ3n) is 5.83. The van der Waals surface area contributed by atoms with Crippen molar-refractivity contribution in [3.05, 3.63) is 101 Å². The summed E-state index contributed by atoms with van der Waals surface area (Å²) in [6.07, 6.45) is 5.61. The lowest BCUT2D eigenvalue weighted by Crippen LogP contribution is -2.14. The number of hydrogen-bond acceptors (Lipinski definition) is 4. The van der Waals surface area contributed by atoms with Crippen molar-refractivity contribution in [1.82, 2.24) is 19.3 Å². The van der Waals surface area contributed by atoms with Crippen molar-refractivity contribution in [3.63, 3.8) is 0 Å². The summed E-state index contributed by atoms with van der Waals surface area (Å²) in [4.78, 5) is 16.3. The van der Waals surface area contributed by atoms with Crippen LogP contribution in [0.1, 0.15) is 11.3 Å². The fraction of sp³-hybridized carbons (Fsp3) is 0.148. The minimum absolute atomic E-state index is 0.0444. The fourth-order valence-corrected chi connectivity index (χ4v) is 4.07. The van der Waals surface area contributed by atoms with E-state index in [0.717, 1.165) is 44.6 Å². The Morgan fingerprint density at radius 1 is 0.879 bits per heavy atom. The average molecular weight is 437 g/mol. The van der Waals surface area contributed by atoms with Gasteiger partial charge in [0.2, 0.25) is 5.56 Å². The molecule has 0 bridgehead atoms. The zero-order valence-corrected chi connectivity index (χ0v) is 18.8. The monoisotopic (exact) mass is 436 g/mol. The van der Waals surface area contributed by atoms with Crippen LogP contribution in [0.2, 0.25) is 0 Å². The van der Waals surface area contributed by atoms with E-state index in [0.29, 0.717) is 6.61 Å². The van der Waals surface area contributed by atoms with Crippen molar-refractivity contribution in [3.8, 4) is 28.0 Å². The highest BCUT2D eigenvalue weighted by molar-refractivity contribution is 5.95. The summed E-state index contributed by atoms with van der Waals surface area (Å²) < 4.78 is 9.39. The van der Waals surface area contributed by atoms with Gasteiger partial charge in [-0.3, -0.25) is 14.5 Å². The first-order valence-electron chi connectivity index (χ1n) is 10.8. The molecular weight excluding hydrogens is 412 g/mol. The molecule has 0 radical (unpaired) electrons. The summed E-state index contributed by atoms with van der Waals surface area (Å²) in [6, 6.07) is 19.7. The Bertz CT molecular complexity index is 1510. The number of pyridine rings is 2. The molecule has 6 nitrogen and oxygen atoms in total. The number of aromatic nitrogens is 4. The van der Waals surface area contributed by atoms with E-state index in [1.807, 2.05) is 49.9 Å². The van der Waals surface area contributed by atoms with Crippen LogP contribution in [0.5, 0.6) is 5.75 Å². The molecule has 0 spiro atoms. The van der Waals surface area contributed by atoms with E-state index in [-0.39, 0.29) is 5.56 Å². The maximum atomic E-state index is 11.7. The predicted octanol–water partition coefficient (Wildman–Crippen LogP) is 4.89. The second kappa shape index (κ2) is 8.39. The molecule has 5 rings (SSSR count). The molecule has 3 aromatic heterocycles. The Morgan fingerprint density at radius 3 is 2.45 bits per heavy atom. The van der Waals surface area contributed by atoms with E-state index in [4.69, 9.17) is 4.74 Å². The zero-order chi connectivity index (χ0) is 22.9. The first-order chi connectivity index (χ1) is 16.0. The Hall–Kier alpha value is -4.19. The summed E-state index contributed by atoms with van der Waals surface area (Å²) >= 11 is 0. The molecule has 0 saturated heterocycles. The van der Waals surface area contributed by atoms with Crippen LogP contribution >= 0.6 is 0 Å². The molecule has 0 amide bonds. The van der Waals surface area contributed by atoms with Crippen LogP contribution in [0.4, 0.5) is 0 Å². The van der Waals surface area contributed by atoms with Gasteiger partial charge in [0.1, 0.15) is 18.1 Å². The number of aryl methyl sites for hydroxylation is 3. The Kier molecular flexibility index (Phi) is 5.26. The van der Waals surface area contributed by atoms with Crippen LogP contribution < -0.4 is 10.3 Å². The van der Waals surface area contributed by atoms with Gasteiger partial charge in [-0.1, -0.05) is 30.3 Å². The molecule has 0 saturated carbocycles. The van der Waals surface area contributed by atoms with E-state index >= 15 is 0 Å². The molecule has 6 heteroatoms. The molecule has 33 heavy (non-hydrogen) atoms. The van der Waals surface area contributed by atoms with E-state index in [9.17, 15) is 4.79 Å². The lowest BCUT2D eigenvalue weighted by Gasteiger charge is -2.10. The van der Waals surface area contributed by atoms with Gasteiger partial charge in [-0.15, -0.1) is 0 Å². The highest BCUT2D eigenvalue weighted by Gasteiger charge is 2.12. The normalized spacial score (nSPS) is 11.1. The van der Waals surface area contributed by atoms with Crippen LogP contribution in [-0.2, 0) is 20.7 Å². The molecule has 5 aromatic rings. The van der Waals surface area contributed by atoms with Crippen LogP contribution in [0.25, 0.3) is 33.2 Å². The Balaban J connectivity index is 1.38. The van der Waals surface area contributed by atoms with E-state index < -0.39 is 0 Å². The summed E-state index contributed by atoms with van der Waals surface area (Å²) in [7, 11) is 3.62. The molecule has 0 atom stereocenters. The van der Waals surface area contributed by atoms with Crippen molar-refractivity contribution < 1.29 is 4.74 Å². The van der Waals surface area contributed by atoms with Crippen LogP contribution in [0.15, 0.2) is 84.0 Å². The van der Waals surface area contributed by atoms with E-state index in [1.54, 1.807) is 22.4 Å². The van der Waals surface area contributed by atoms with Crippen LogP contribution in [0.3, 0.4) is 0 Å². The lowest BCUT2D eigenvalue weighted by molar-refractivity contribution is 0.300. The molecule has 0 fully saturated rings. The van der Waals surface area contributed by atoms with Gasteiger partial charge in [0.25, 0.3) is 0 Å². The quantitative estimate of drug-likeness (QED) is 0.394. The molecular formula is C27H24N4O2. The van der Waals surface area contributed by atoms with E-state index in [2.05, 4.69) is 47.3 Å². The standard InChI is InChI=1S/C27H24N4O2/c1-18-13-14-28-27-22(18)5-4-6-23(27)19-7-10-21(11-8-19)33-17-25-24(16-31(3)29-25)20-9-12-26(32)30(2)15-20/h4-16H,17H2,1-3H3. The third-order valence-corrected chi connectivity index (χ3v) is 5.83. The third kappa shape index (κ3) is 4.03. The second-order valence-electron chi connectivity index (χ2n) is 8.17. The summed E-state index contributed by atoms with van der Waals surface area (Å²) in [5, 5.41) is 5.72. The fourth-order valence-electron chi connectivity index (χ4n) is 4.07. The maximum absolute atomic E-state index is 11.7. The molecule has 0 aliphatic carbocycles. The van der Waals surface area contributed by atoms with Gasteiger partial charge in [0, 0.05) is 60.8 Å². The zero-order valence-electron chi connectivity index (χ0n) is 18.8. The molecule has 0 N–H and O–H groups in total. The van der Waals surface area contributed by atoms with Crippen molar-refractivity contribution in [2.45, 2.75) is 13.5 Å². The molecule has 2 aromatic carbocycles. The van der Waals surface area contributed by atoms with E-state index in [1.165, 1.54) is 5.56 Å². The minimum Gasteiger partial charge on any atom is -0.487 e. The van der Waals surface area contributed by atoms with Gasteiger partial charge in [0.05, 0.1) is 5.52 Å². The number of nitrogens with zero attached hydrogens (tertiary/aromatic N) is 4. The summed E-state index contributed by atoms with van der Waals surface area (Å²) in [5.41, 5.74) is 7.05. The van der Waals surface area contributed by atoms with Crippen molar-refractivity contribution in [2.75, 3.05) is 0 Å². The highest BCUT2D eigenvalue weighted by atomic mass is 16.5. The first kappa shape index (κ1) is 20.7. The Labute approximate surface area is 191 Å². The molecule has 0 unspecified atom stereocenters. The van der Waals surface area contributed by atoms with Gasteiger partial charge in [0.15, 0.2) is 0 Å². The molecule has 3 heterocycles. The molecule has 0 aliphatic heterocycles. The van der Waals surface area contributed by atoms with Gasteiger partial charge < -0.3 is 9.30 Å². The van der Waals surface area contributed by atoms with Crippen molar-refractivity contribution in [2.24, 2.45) is 14.1 Å². The molecule has 0 aliphatic rings. The minimum atomic E-state index is -0.0444. The van der Waals surface area contributed by atoms with Crippen molar-refractivity contribution >= 4 is 10.9 Å². The number of fused-ring (bicyclic) bond motifs is 1. The summed E-state index contributed by atoms with van der Waals surface area (Å²) in [5.74, 6) is 0.764. The Morgan fingerprint density at radius 2 is 1.67 bits per heavy atom. The van der Waals surface area contributed by atoms with Gasteiger partial charge in [-0.2, -0.15) is 5.10 Å². The second-order valence-corrected chi connectivity index (χ2v) is 8.17. The van der Waals surface area contributed by atoms with Gasteiger partial charge >= 0.3 is 0 Å². The van der Waals surface area contributed by atoms with Gasteiger partial charge in [-0.05, 0) is 42.3 Å². The van der Waals surface area contributed by atoms with Gasteiger partial charge in [-0.25, -0.2) is 0 Å². The van der Waals surface area contributed by atoms with Crippen LogP contribution in [-0.4, -0.2) is 19.3 Å². The average Bonchev–Trinajstić information content (AvgIpc) is 3.20. The van der Waals surface area contributed by atoms with Crippen LogP contribution in [0, 0.1) is 6.92 Å². The lowest BCUT2D eigenvalue weighted by atomic mass is 10.00. The SMILES string of the molecule is Cc1ccnc2c(-c3ccc(OCc4nn(C)cc4-c4ccc(=O)n(C)c4)cc3)cccc12. The maximum Gasteiger partial charge on any atom is 0.250 e. The first-order valence-corrected chi connectivity index (χ1v) is 10.8. The number of benzene rings is 2. The smallest absolute Gasteiger partial charge is 0.250 e. The number of hydrogen-bond donors (Lipinski definition) is 0. The number of para-hydroxylation sites is 1. The predicted molar refractivity (Wildman–Crippen MR) is 130 cm³/mol. The topological polar surface area (TPSA) is 61.9 Å². The summed E-state index contributed by atoms with van der Waals surface area (Å²) in [6.45, 7) is 2.43. The highest BCUT2D eigenvalue weighted by Crippen LogP contribution is 2.30. The van der Waals surface area contributed by atoms with Crippen molar-refractivity contribution in [1.29, 1.82) is 0 Å². The number of rotatable bonds is 5. The molecule has 164 valence electrons. The largest absolute Gasteiger partial charge is 0.487 e.